The SMILES string of the molecule is CCCCCCCCCCCCn1c2ccccc2c2cc3c(cc21)-c1cc2c(cc1C3(CC)CC)c1ccccc1n2CCCCCCCCCCCC. The average Bonchev–Trinajstić information content (AvgIpc) is 3.80. The van der Waals surface area contributed by atoms with Crippen molar-refractivity contribution < 1.29 is 0 Å². The molecule has 0 bridgehead atoms. The predicted octanol–water partition coefficient (Wildman–Crippen LogP) is 16.8. The summed E-state index contributed by atoms with van der Waals surface area (Å²) in [6, 6.07) is 29.0. The third kappa shape index (κ3) is 8.17. The minimum Gasteiger partial charge on any atom is -0.340 e. The number of hydrogen-bond acceptors (Lipinski definition) is 0. The van der Waals surface area contributed by atoms with Crippen LogP contribution in [0.4, 0.5) is 0 Å². The maximum Gasteiger partial charge on any atom is 0.0497 e. The molecule has 0 unspecified atom stereocenters. The standard InChI is InChI=1S/C53H72N2/c1-5-9-11-13-15-17-19-21-23-29-35-54-49-33-27-25-31-41(49)45-37-47-43(39-51(45)54)44-40-52-46(38-48(44)53(47,7-3)8-4)42-32-26-28-34-50(42)55(52)36-30-24-22-20-18-16-14-12-10-6-2/h25-28,31-34,37-40H,5-24,29-30,35-36H2,1-4H3. The summed E-state index contributed by atoms with van der Waals surface area (Å²) in [5.41, 5.74) is 11.8. The van der Waals surface area contributed by atoms with E-state index in [-0.39, 0.29) is 5.41 Å². The third-order valence-electron chi connectivity index (χ3n) is 13.8. The fourth-order valence-corrected chi connectivity index (χ4v) is 10.6. The third-order valence-corrected chi connectivity index (χ3v) is 13.8. The quantitative estimate of drug-likeness (QED) is 0.0548. The lowest BCUT2D eigenvalue weighted by Gasteiger charge is -2.30. The number of aromatic nitrogens is 2. The Kier molecular flexibility index (Phi) is 13.8. The van der Waals surface area contributed by atoms with E-state index in [1.165, 1.54) is 183 Å². The zero-order chi connectivity index (χ0) is 38.0. The first-order valence-corrected chi connectivity index (χ1v) is 23.3. The van der Waals surface area contributed by atoms with Gasteiger partial charge in [0.25, 0.3) is 0 Å². The van der Waals surface area contributed by atoms with E-state index >= 15 is 0 Å². The van der Waals surface area contributed by atoms with Gasteiger partial charge in [-0.3, -0.25) is 0 Å². The minimum absolute atomic E-state index is 0.0343. The van der Waals surface area contributed by atoms with Gasteiger partial charge in [0.1, 0.15) is 0 Å². The average molecular weight is 737 g/mol. The summed E-state index contributed by atoms with van der Waals surface area (Å²) < 4.78 is 5.35. The molecule has 7 rings (SSSR count). The second-order valence-corrected chi connectivity index (χ2v) is 17.3. The zero-order valence-electron chi connectivity index (χ0n) is 35.3. The van der Waals surface area contributed by atoms with Crippen molar-refractivity contribution in [1.82, 2.24) is 9.13 Å². The van der Waals surface area contributed by atoms with E-state index in [0.717, 1.165) is 25.9 Å². The first-order valence-electron chi connectivity index (χ1n) is 23.3. The van der Waals surface area contributed by atoms with Crippen LogP contribution in [0.15, 0.2) is 72.8 Å². The Morgan fingerprint density at radius 1 is 0.364 bits per heavy atom. The summed E-state index contributed by atoms with van der Waals surface area (Å²) in [7, 11) is 0. The summed E-state index contributed by atoms with van der Waals surface area (Å²) in [5, 5.41) is 5.73. The minimum atomic E-state index is 0.0343. The molecule has 0 radical (unpaired) electrons. The van der Waals surface area contributed by atoms with Crippen molar-refractivity contribution in [2.75, 3.05) is 0 Å². The van der Waals surface area contributed by atoms with Crippen LogP contribution in [0, 0.1) is 0 Å². The summed E-state index contributed by atoms with van der Waals surface area (Å²) in [6.45, 7) is 11.7. The Morgan fingerprint density at radius 2 is 0.709 bits per heavy atom. The van der Waals surface area contributed by atoms with Crippen LogP contribution >= 0.6 is 0 Å². The highest BCUT2D eigenvalue weighted by Crippen LogP contribution is 2.55. The van der Waals surface area contributed by atoms with Crippen LogP contribution in [0.1, 0.15) is 180 Å². The molecule has 2 aromatic heterocycles. The summed E-state index contributed by atoms with van der Waals surface area (Å²) in [4.78, 5) is 0. The van der Waals surface area contributed by atoms with Gasteiger partial charge in [0.05, 0.1) is 0 Å². The highest BCUT2D eigenvalue weighted by atomic mass is 15.0. The molecule has 294 valence electrons. The molecular formula is C53H72N2. The number of fused-ring (bicyclic) bond motifs is 9. The summed E-state index contributed by atoms with van der Waals surface area (Å²) in [5.74, 6) is 0. The van der Waals surface area contributed by atoms with Crippen LogP contribution in [-0.2, 0) is 18.5 Å². The van der Waals surface area contributed by atoms with Gasteiger partial charge in [0, 0.05) is 62.1 Å². The van der Waals surface area contributed by atoms with Crippen molar-refractivity contribution in [3.8, 4) is 11.1 Å². The lowest BCUT2D eigenvalue weighted by Crippen LogP contribution is -2.23. The number of aryl methyl sites for hydroxylation is 2. The number of para-hydroxylation sites is 2. The molecule has 0 aliphatic heterocycles. The van der Waals surface area contributed by atoms with Gasteiger partial charge in [-0.1, -0.05) is 180 Å². The number of rotatable bonds is 24. The maximum absolute atomic E-state index is 2.67. The fourth-order valence-electron chi connectivity index (χ4n) is 10.6. The van der Waals surface area contributed by atoms with Crippen LogP contribution in [0.5, 0.6) is 0 Å². The van der Waals surface area contributed by atoms with Crippen LogP contribution in [0.3, 0.4) is 0 Å². The Balaban J connectivity index is 1.17. The summed E-state index contributed by atoms with van der Waals surface area (Å²) >= 11 is 0. The van der Waals surface area contributed by atoms with E-state index < -0.39 is 0 Å². The van der Waals surface area contributed by atoms with E-state index in [9.17, 15) is 0 Å². The smallest absolute Gasteiger partial charge is 0.0497 e. The van der Waals surface area contributed by atoms with E-state index in [1.807, 2.05) is 0 Å². The summed E-state index contributed by atoms with van der Waals surface area (Å²) in [6.07, 6.45) is 29.8. The highest BCUT2D eigenvalue weighted by Gasteiger charge is 2.41. The second-order valence-electron chi connectivity index (χ2n) is 17.3. The van der Waals surface area contributed by atoms with Crippen molar-refractivity contribution in [3.63, 3.8) is 0 Å². The van der Waals surface area contributed by atoms with Crippen LogP contribution in [-0.4, -0.2) is 9.13 Å². The molecule has 4 aromatic carbocycles. The molecule has 55 heavy (non-hydrogen) atoms. The van der Waals surface area contributed by atoms with E-state index in [0.29, 0.717) is 0 Å². The number of benzene rings is 4. The first kappa shape index (κ1) is 39.7. The normalized spacial score (nSPS) is 13.5. The lowest BCUT2D eigenvalue weighted by molar-refractivity contribution is 0.491. The van der Waals surface area contributed by atoms with Gasteiger partial charge in [0.15, 0.2) is 0 Å². The Labute approximate surface area is 334 Å². The molecule has 2 nitrogen and oxygen atoms in total. The second kappa shape index (κ2) is 19.1. The van der Waals surface area contributed by atoms with E-state index in [4.69, 9.17) is 0 Å². The molecule has 0 N–H and O–H groups in total. The van der Waals surface area contributed by atoms with Crippen molar-refractivity contribution >= 4 is 43.6 Å². The van der Waals surface area contributed by atoms with Gasteiger partial charge in [0.2, 0.25) is 0 Å². The Morgan fingerprint density at radius 3 is 1.07 bits per heavy atom. The molecule has 0 amide bonds. The van der Waals surface area contributed by atoms with Gasteiger partial charge in [-0.2, -0.15) is 0 Å². The molecule has 1 aliphatic rings. The van der Waals surface area contributed by atoms with E-state index in [1.54, 1.807) is 11.1 Å². The monoisotopic (exact) mass is 737 g/mol. The van der Waals surface area contributed by atoms with Crippen LogP contribution < -0.4 is 0 Å². The first-order chi connectivity index (χ1) is 27.2. The van der Waals surface area contributed by atoms with E-state index in [2.05, 4.69) is 110 Å². The van der Waals surface area contributed by atoms with Crippen LogP contribution in [0.2, 0.25) is 0 Å². The molecule has 2 heterocycles. The molecular weight excluding hydrogens is 665 g/mol. The number of unbranched alkanes of at least 4 members (excludes halogenated alkanes) is 18. The van der Waals surface area contributed by atoms with Gasteiger partial charge < -0.3 is 9.13 Å². The fraction of sp³-hybridized carbons (Fsp3) is 0.547. The van der Waals surface area contributed by atoms with Gasteiger partial charge in [-0.25, -0.2) is 0 Å². The predicted molar refractivity (Wildman–Crippen MR) is 243 cm³/mol. The molecule has 1 aliphatic carbocycles. The molecule has 0 atom stereocenters. The zero-order valence-corrected chi connectivity index (χ0v) is 35.3. The van der Waals surface area contributed by atoms with Crippen molar-refractivity contribution in [2.45, 2.75) is 187 Å². The van der Waals surface area contributed by atoms with Crippen LogP contribution in [0.25, 0.3) is 54.7 Å². The Bertz CT molecular complexity index is 1990. The van der Waals surface area contributed by atoms with Crippen molar-refractivity contribution in [1.29, 1.82) is 0 Å². The lowest BCUT2D eigenvalue weighted by atomic mass is 9.73. The molecule has 6 aromatic rings. The number of nitrogens with zero attached hydrogens (tertiary/aromatic N) is 2. The van der Waals surface area contributed by atoms with Gasteiger partial charge in [-0.05, 0) is 84.3 Å². The molecule has 0 fully saturated rings. The largest absolute Gasteiger partial charge is 0.340 e. The maximum atomic E-state index is 2.67. The number of hydrogen-bond donors (Lipinski definition) is 0. The molecule has 0 saturated heterocycles. The Hall–Kier alpha value is -3.52. The topological polar surface area (TPSA) is 9.86 Å². The molecule has 2 heteroatoms. The van der Waals surface area contributed by atoms with Crippen molar-refractivity contribution in [3.05, 3.63) is 83.9 Å². The molecule has 0 saturated carbocycles. The van der Waals surface area contributed by atoms with Gasteiger partial charge >= 0.3 is 0 Å². The van der Waals surface area contributed by atoms with Gasteiger partial charge in [-0.15, -0.1) is 0 Å². The molecule has 0 spiro atoms. The highest BCUT2D eigenvalue weighted by molar-refractivity contribution is 6.13. The van der Waals surface area contributed by atoms with Crippen molar-refractivity contribution in [2.24, 2.45) is 0 Å².